The third-order valence-electron chi connectivity index (χ3n) is 3.24. The number of rotatable bonds is 6. The van der Waals surface area contributed by atoms with Crippen molar-refractivity contribution < 1.29 is 28.5 Å². The molecule has 0 unspecified atom stereocenters. The van der Waals surface area contributed by atoms with Crippen LogP contribution in [0.25, 0.3) is 0 Å². The monoisotopic (exact) mass is 331 g/mol. The summed E-state index contributed by atoms with van der Waals surface area (Å²) in [6.07, 6.45) is 1.55. The van der Waals surface area contributed by atoms with Crippen LogP contribution in [0.5, 0.6) is 11.5 Å². The number of carbonyl (C=O) groups excluding carboxylic acids is 2. The van der Waals surface area contributed by atoms with Gasteiger partial charge in [0.15, 0.2) is 11.5 Å². The highest BCUT2D eigenvalue weighted by Crippen LogP contribution is 2.29. The number of pyridine rings is 1. The summed E-state index contributed by atoms with van der Waals surface area (Å²) < 4.78 is 20.3. The summed E-state index contributed by atoms with van der Waals surface area (Å²) >= 11 is 0. The second-order valence-corrected chi connectivity index (χ2v) is 4.64. The van der Waals surface area contributed by atoms with Gasteiger partial charge in [0.2, 0.25) is 0 Å². The molecular weight excluding hydrogens is 314 g/mol. The third kappa shape index (κ3) is 3.81. The van der Waals surface area contributed by atoms with Gasteiger partial charge in [-0.1, -0.05) is 0 Å². The van der Waals surface area contributed by atoms with Gasteiger partial charge in [-0.15, -0.1) is 0 Å². The summed E-state index contributed by atoms with van der Waals surface area (Å²) in [6.45, 7) is 0.00621. The van der Waals surface area contributed by atoms with Crippen molar-refractivity contribution in [2.75, 3.05) is 21.3 Å². The van der Waals surface area contributed by atoms with Crippen molar-refractivity contribution in [3.8, 4) is 11.5 Å². The summed E-state index contributed by atoms with van der Waals surface area (Å²) in [5.74, 6) is -0.215. The van der Waals surface area contributed by atoms with Gasteiger partial charge in [-0.05, 0) is 30.3 Å². The molecule has 0 bridgehead atoms. The molecule has 0 saturated heterocycles. The first-order chi connectivity index (χ1) is 11.6. The van der Waals surface area contributed by atoms with Gasteiger partial charge in [0.25, 0.3) is 0 Å². The number of esters is 2. The molecule has 0 aliphatic heterocycles. The van der Waals surface area contributed by atoms with Gasteiger partial charge in [0.1, 0.15) is 6.61 Å². The molecule has 0 spiro atoms. The molecule has 1 heterocycles. The minimum absolute atomic E-state index is 0.00621. The Hall–Kier alpha value is -3.09. The van der Waals surface area contributed by atoms with Crippen molar-refractivity contribution >= 4 is 11.9 Å². The van der Waals surface area contributed by atoms with E-state index in [4.69, 9.17) is 14.2 Å². The Morgan fingerprint density at radius 1 is 1.00 bits per heavy atom. The summed E-state index contributed by atoms with van der Waals surface area (Å²) in [6, 6.07) is 7.90. The van der Waals surface area contributed by atoms with Crippen molar-refractivity contribution in [1.82, 2.24) is 4.98 Å². The smallest absolute Gasteiger partial charge is 0.339 e. The molecule has 0 aliphatic carbocycles. The molecule has 0 saturated carbocycles. The molecule has 126 valence electrons. The fraction of sp³-hybridized carbons (Fsp3) is 0.235. The van der Waals surface area contributed by atoms with E-state index in [1.165, 1.54) is 27.4 Å². The first-order valence-electron chi connectivity index (χ1n) is 7.02. The topological polar surface area (TPSA) is 84.0 Å². The van der Waals surface area contributed by atoms with Crippen LogP contribution in [0, 0.1) is 0 Å². The molecule has 2 aromatic rings. The molecule has 1 aromatic heterocycles. The van der Waals surface area contributed by atoms with Crippen LogP contribution in [0.15, 0.2) is 36.5 Å². The zero-order valence-corrected chi connectivity index (χ0v) is 13.6. The molecule has 1 aromatic carbocycles. The molecule has 0 amide bonds. The van der Waals surface area contributed by atoms with E-state index in [0.29, 0.717) is 28.3 Å². The highest BCUT2D eigenvalue weighted by Gasteiger charge is 2.15. The SMILES string of the molecule is COC(=O)c1ccc(OC)c(OCc2ncccc2C(=O)OC)c1. The number of hydrogen-bond acceptors (Lipinski definition) is 7. The van der Waals surface area contributed by atoms with Crippen LogP contribution in [0.2, 0.25) is 0 Å². The molecule has 0 aliphatic rings. The van der Waals surface area contributed by atoms with Gasteiger partial charge >= 0.3 is 11.9 Å². The van der Waals surface area contributed by atoms with Gasteiger partial charge in [-0.2, -0.15) is 0 Å². The molecule has 24 heavy (non-hydrogen) atoms. The molecule has 7 heteroatoms. The van der Waals surface area contributed by atoms with Crippen molar-refractivity contribution in [2.24, 2.45) is 0 Å². The van der Waals surface area contributed by atoms with Gasteiger partial charge in [-0.25, -0.2) is 9.59 Å². The maximum Gasteiger partial charge on any atom is 0.339 e. The Kier molecular flexibility index (Phi) is 5.73. The van der Waals surface area contributed by atoms with Crippen LogP contribution < -0.4 is 9.47 Å². The highest BCUT2D eigenvalue weighted by molar-refractivity contribution is 5.90. The second-order valence-electron chi connectivity index (χ2n) is 4.64. The number of carbonyl (C=O) groups is 2. The summed E-state index contributed by atoms with van der Waals surface area (Å²) in [5.41, 5.74) is 1.04. The predicted molar refractivity (Wildman–Crippen MR) is 84.2 cm³/mol. The molecule has 0 fully saturated rings. The normalized spacial score (nSPS) is 9.96. The number of aromatic nitrogens is 1. The minimum Gasteiger partial charge on any atom is -0.493 e. The average molecular weight is 331 g/mol. The number of hydrogen-bond donors (Lipinski definition) is 0. The predicted octanol–water partition coefficient (Wildman–Crippen LogP) is 2.24. The summed E-state index contributed by atoms with van der Waals surface area (Å²) in [5, 5.41) is 0. The summed E-state index contributed by atoms with van der Waals surface area (Å²) in [7, 11) is 4.08. The fourth-order valence-corrected chi connectivity index (χ4v) is 2.03. The van der Waals surface area contributed by atoms with Crippen LogP contribution in [-0.2, 0) is 16.1 Å². The number of methoxy groups -OCH3 is 3. The number of ether oxygens (including phenoxy) is 4. The van der Waals surface area contributed by atoms with E-state index in [1.807, 2.05) is 0 Å². The molecule has 0 radical (unpaired) electrons. The van der Waals surface area contributed by atoms with Crippen molar-refractivity contribution in [2.45, 2.75) is 6.61 Å². The molecule has 7 nitrogen and oxygen atoms in total. The second kappa shape index (κ2) is 7.96. The Balaban J connectivity index is 2.26. The Labute approximate surface area is 139 Å². The van der Waals surface area contributed by atoms with Crippen LogP contribution >= 0.6 is 0 Å². The lowest BCUT2D eigenvalue weighted by Crippen LogP contribution is -2.10. The largest absolute Gasteiger partial charge is 0.493 e. The quantitative estimate of drug-likeness (QED) is 0.751. The van der Waals surface area contributed by atoms with E-state index in [9.17, 15) is 9.59 Å². The van der Waals surface area contributed by atoms with E-state index in [2.05, 4.69) is 9.72 Å². The Morgan fingerprint density at radius 3 is 2.42 bits per heavy atom. The fourth-order valence-electron chi connectivity index (χ4n) is 2.03. The van der Waals surface area contributed by atoms with Gasteiger partial charge in [0.05, 0.1) is 38.2 Å². The van der Waals surface area contributed by atoms with Crippen LogP contribution in [0.1, 0.15) is 26.4 Å². The lowest BCUT2D eigenvalue weighted by molar-refractivity contribution is 0.0590. The van der Waals surface area contributed by atoms with Gasteiger partial charge in [0, 0.05) is 6.20 Å². The molecule has 2 rings (SSSR count). The zero-order chi connectivity index (χ0) is 17.5. The van der Waals surface area contributed by atoms with E-state index >= 15 is 0 Å². The number of nitrogens with zero attached hydrogens (tertiary/aromatic N) is 1. The van der Waals surface area contributed by atoms with E-state index in [0.717, 1.165) is 0 Å². The highest BCUT2D eigenvalue weighted by atomic mass is 16.5. The molecule has 0 N–H and O–H groups in total. The lowest BCUT2D eigenvalue weighted by atomic mass is 10.2. The minimum atomic E-state index is -0.503. The average Bonchev–Trinajstić information content (AvgIpc) is 2.64. The maximum absolute atomic E-state index is 11.7. The van der Waals surface area contributed by atoms with Gasteiger partial charge in [-0.3, -0.25) is 4.98 Å². The first-order valence-corrected chi connectivity index (χ1v) is 7.02. The number of benzene rings is 1. The van der Waals surface area contributed by atoms with Crippen LogP contribution in [0.3, 0.4) is 0 Å². The summed E-state index contributed by atoms with van der Waals surface area (Å²) in [4.78, 5) is 27.5. The van der Waals surface area contributed by atoms with E-state index in [1.54, 1.807) is 30.5 Å². The van der Waals surface area contributed by atoms with Crippen LogP contribution in [0.4, 0.5) is 0 Å². The lowest BCUT2D eigenvalue weighted by Gasteiger charge is -2.13. The first kappa shape index (κ1) is 17.3. The zero-order valence-electron chi connectivity index (χ0n) is 13.6. The van der Waals surface area contributed by atoms with Crippen molar-refractivity contribution in [3.05, 3.63) is 53.3 Å². The van der Waals surface area contributed by atoms with E-state index in [-0.39, 0.29) is 6.61 Å². The van der Waals surface area contributed by atoms with Crippen molar-refractivity contribution in [3.63, 3.8) is 0 Å². The van der Waals surface area contributed by atoms with Crippen molar-refractivity contribution in [1.29, 1.82) is 0 Å². The third-order valence-corrected chi connectivity index (χ3v) is 3.24. The van der Waals surface area contributed by atoms with E-state index < -0.39 is 11.9 Å². The molecular formula is C17H17NO6. The molecule has 0 atom stereocenters. The Bertz CT molecular complexity index is 744. The Morgan fingerprint density at radius 2 is 1.75 bits per heavy atom. The van der Waals surface area contributed by atoms with Crippen LogP contribution in [-0.4, -0.2) is 38.3 Å². The standard InChI is InChI=1S/C17H17NO6/c1-21-14-7-6-11(16(19)22-2)9-15(14)24-10-13-12(17(20)23-3)5-4-8-18-13/h4-9H,10H2,1-3H3. The van der Waals surface area contributed by atoms with Gasteiger partial charge < -0.3 is 18.9 Å². The maximum atomic E-state index is 11.7.